The lowest BCUT2D eigenvalue weighted by molar-refractivity contribution is -0.00252. The Morgan fingerprint density at radius 1 is 1.37 bits per heavy atom. The summed E-state index contributed by atoms with van der Waals surface area (Å²) in [6, 6.07) is 5.89. The fraction of sp³-hybridized carbons (Fsp3) is 0.500. The van der Waals surface area contributed by atoms with E-state index in [2.05, 4.69) is 0 Å². The molecular formula is C12H15ClFNO3S. The molecule has 19 heavy (non-hydrogen) atoms. The second-order valence-electron chi connectivity index (χ2n) is 4.27. The highest BCUT2D eigenvalue weighted by molar-refractivity contribution is 7.89. The van der Waals surface area contributed by atoms with Crippen LogP contribution in [0.3, 0.4) is 0 Å². The highest BCUT2D eigenvalue weighted by Crippen LogP contribution is 2.24. The molecule has 1 heterocycles. The van der Waals surface area contributed by atoms with Gasteiger partial charge in [0.15, 0.2) is 0 Å². The monoisotopic (exact) mass is 307 g/mol. The molecule has 1 saturated heterocycles. The van der Waals surface area contributed by atoms with Crippen molar-refractivity contribution in [2.75, 3.05) is 31.3 Å². The second-order valence-corrected chi connectivity index (χ2v) is 6.74. The van der Waals surface area contributed by atoms with Crippen LogP contribution < -0.4 is 0 Å². The van der Waals surface area contributed by atoms with Crippen molar-refractivity contribution in [2.45, 2.75) is 6.10 Å². The van der Waals surface area contributed by atoms with Gasteiger partial charge in [-0.25, -0.2) is 12.8 Å². The van der Waals surface area contributed by atoms with Crippen LogP contribution in [0.2, 0.25) is 0 Å². The smallest absolute Gasteiger partial charge is 0.215 e. The number of alkyl halides is 1. The number of benzene rings is 1. The number of sulfonamides is 1. The minimum absolute atomic E-state index is 0.0703. The molecule has 1 unspecified atom stereocenters. The van der Waals surface area contributed by atoms with E-state index in [0.717, 1.165) is 5.56 Å². The standard InChI is InChI=1S/C12H15ClFNO3S/c13-5-8-19(16,17)15-6-7-18-12(9-15)10-1-3-11(14)4-2-10/h1-4,12H,5-9H2. The van der Waals surface area contributed by atoms with Crippen molar-refractivity contribution in [3.05, 3.63) is 35.6 Å². The Kier molecular flexibility index (Phi) is 4.78. The minimum atomic E-state index is -3.34. The van der Waals surface area contributed by atoms with E-state index in [9.17, 15) is 12.8 Å². The maximum atomic E-state index is 12.9. The molecule has 0 aliphatic carbocycles. The van der Waals surface area contributed by atoms with Crippen LogP contribution in [-0.4, -0.2) is 44.1 Å². The van der Waals surface area contributed by atoms with Gasteiger partial charge in [0, 0.05) is 19.0 Å². The molecular weight excluding hydrogens is 293 g/mol. The van der Waals surface area contributed by atoms with Gasteiger partial charge in [-0.3, -0.25) is 0 Å². The van der Waals surface area contributed by atoms with Gasteiger partial charge in [0.1, 0.15) is 5.82 Å². The maximum absolute atomic E-state index is 12.9. The maximum Gasteiger partial charge on any atom is 0.215 e. The number of ether oxygens (including phenoxy) is 1. The van der Waals surface area contributed by atoms with Gasteiger partial charge in [-0.2, -0.15) is 4.31 Å². The number of hydrogen-bond donors (Lipinski definition) is 0. The molecule has 1 fully saturated rings. The lowest BCUT2D eigenvalue weighted by Crippen LogP contribution is -2.43. The van der Waals surface area contributed by atoms with E-state index in [4.69, 9.17) is 16.3 Å². The average Bonchev–Trinajstić information content (AvgIpc) is 2.40. The van der Waals surface area contributed by atoms with Gasteiger partial charge in [-0.1, -0.05) is 12.1 Å². The van der Waals surface area contributed by atoms with E-state index in [1.807, 2.05) is 0 Å². The summed E-state index contributed by atoms with van der Waals surface area (Å²) >= 11 is 5.50. The highest BCUT2D eigenvalue weighted by atomic mass is 35.5. The van der Waals surface area contributed by atoms with Crippen LogP contribution in [0, 0.1) is 5.82 Å². The van der Waals surface area contributed by atoms with E-state index in [1.165, 1.54) is 16.4 Å². The van der Waals surface area contributed by atoms with E-state index >= 15 is 0 Å². The molecule has 1 aliphatic rings. The molecule has 0 amide bonds. The normalized spacial score (nSPS) is 21.5. The van der Waals surface area contributed by atoms with Crippen LogP contribution in [0.1, 0.15) is 11.7 Å². The van der Waals surface area contributed by atoms with Gasteiger partial charge in [-0.15, -0.1) is 11.6 Å². The summed E-state index contributed by atoms with van der Waals surface area (Å²) in [5, 5.41) is 0. The summed E-state index contributed by atoms with van der Waals surface area (Å²) in [4.78, 5) is 0. The fourth-order valence-electron chi connectivity index (χ4n) is 1.98. The fourth-order valence-corrected chi connectivity index (χ4v) is 3.74. The Bertz CT molecular complexity index is 520. The molecule has 7 heteroatoms. The van der Waals surface area contributed by atoms with Crippen molar-refractivity contribution >= 4 is 21.6 Å². The van der Waals surface area contributed by atoms with Crippen LogP contribution >= 0.6 is 11.6 Å². The molecule has 106 valence electrons. The molecule has 4 nitrogen and oxygen atoms in total. The van der Waals surface area contributed by atoms with E-state index < -0.39 is 10.0 Å². The SMILES string of the molecule is O=S(=O)(CCCl)N1CCOC(c2ccc(F)cc2)C1. The van der Waals surface area contributed by atoms with Crippen molar-refractivity contribution < 1.29 is 17.5 Å². The quantitative estimate of drug-likeness (QED) is 0.797. The summed E-state index contributed by atoms with van der Waals surface area (Å²) in [6.07, 6.45) is -0.362. The number of halogens is 2. The Hall–Kier alpha value is -0.690. The average molecular weight is 308 g/mol. The number of hydrogen-bond acceptors (Lipinski definition) is 3. The molecule has 1 aliphatic heterocycles. The van der Waals surface area contributed by atoms with Gasteiger partial charge < -0.3 is 4.74 Å². The first-order chi connectivity index (χ1) is 9.03. The highest BCUT2D eigenvalue weighted by Gasteiger charge is 2.29. The van der Waals surface area contributed by atoms with Crippen molar-refractivity contribution in [1.29, 1.82) is 0 Å². The zero-order valence-corrected chi connectivity index (χ0v) is 11.8. The summed E-state index contributed by atoms with van der Waals surface area (Å²) in [6.45, 7) is 0.894. The number of nitrogens with zero attached hydrogens (tertiary/aromatic N) is 1. The molecule has 1 atom stereocenters. The molecule has 0 saturated carbocycles. The topological polar surface area (TPSA) is 46.6 Å². The molecule has 0 radical (unpaired) electrons. The molecule has 0 spiro atoms. The van der Waals surface area contributed by atoms with Crippen molar-refractivity contribution in [2.24, 2.45) is 0 Å². The molecule has 1 aromatic carbocycles. The van der Waals surface area contributed by atoms with Gasteiger partial charge in [0.25, 0.3) is 0 Å². The van der Waals surface area contributed by atoms with E-state index in [0.29, 0.717) is 13.2 Å². The molecule has 0 N–H and O–H groups in total. The molecule has 0 bridgehead atoms. The van der Waals surface area contributed by atoms with Crippen LogP contribution in [0.15, 0.2) is 24.3 Å². The minimum Gasteiger partial charge on any atom is -0.371 e. The van der Waals surface area contributed by atoms with Crippen LogP contribution in [0.25, 0.3) is 0 Å². The van der Waals surface area contributed by atoms with Crippen LogP contribution in [0.5, 0.6) is 0 Å². The van der Waals surface area contributed by atoms with Gasteiger partial charge in [-0.05, 0) is 17.7 Å². The predicted molar refractivity (Wildman–Crippen MR) is 71.2 cm³/mol. The van der Waals surface area contributed by atoms with Crippen molar-refractivity contribution in [3.63, 3.8) is 0 Å². The Labute approximate surface area is 117 Å². The van der Waals surface area contributed by atoms with E-state index in [1.54, 1.807) is 12.1 Å². The summed E-state index contributed by atoms with van der Waals surface area (Å²) < 4.78 is 43.7. The number of rotatable bonds is 4. The van der Waals surface area contributed by atoms with Gasteiger partial charge >= 0.3 is 0 Å². The lowest BCUT2D eigenvalue weighted by atomic mass is 10.1. The number of morpholine rings is 1. The zero-order chi connectivity index (χ0) is 13.9. The second kappa shape index (κ2) is 6.17. The molecule has 2 rings (SSSR count). The Balaban J connectivity index is 2.11. The van der Waals surface area contributed by atoms with E-state index in [-0.39, 0.29) is 30.1 Å². The molecule has 0 aromatic heterocycles. The third-order valence-corrected chi connectivity index (χ3v) is 5.25. The summed E-state index contributed by atoms with van der Waals surface area (Å²) in [7, 11) is -3.34. The third kappa shape index (κ3) is 3.66. The largest absolute Gasteiger partial charge is 0.371 e. The lowest BCUT2D eigenvalue weighted by Gasteiger charge is -2.32. The first kappa shape index (κ1) is 14.7. The predicted octanol–water partition coefficient (Wildman–Crippen LogP) is 1.77. The zero-order valence-electron chi connectivity index (χ0n) is 10.3. The summed E-state index contributed by atoms with van der Waals surface area (Å²) in [5.41, 5.74) is 0.771. The van der Waals surface area contributed by atoms with Crippen LogP contribution in [-0.2, 0) is 14.8 Å². The van der Waals surface area contributed by atoms with Crippen molar-refractivity contribution in [3.8, 4) is 0 Å². The third-order valence-electron chi connectivity index (χ3n) is 3.00. The Morgan fingerprint density at radius 3 is 2.68 bits per heavy atom. The van der Waals surface area contributed by atoms with Crippen molar-refractivity contribution in [1.82, 2.24) is 4.31 Å². The van der Waals surface area contributed by atoms with Gasteiger partial charge in [0.2, 0.25) is 10.0 Å². The summed E-state index contributed by atoms with van der Waals surface area (Å²) in [5.74, 6) is -0.336. The Morgan fingerprint density at radius 2 is 2.05 bits per heavy atom. The molecule has 1 aromatic rings. The van der Waals surface area contributed by atoms with Crippen LogP contribution in [0.4, 0.5) is 4.39 Å². The first-order valence-electron chi connectivity index (χ1n) is 5.94. The van der Waals surface area contributed by atoms with Gasteiger partial charge in [0.05, 0.1) is 18.5 Å². The first-order valence-corrected chi connectivity index (χ1v) is 8.08.